The summed E-state index contributed by atoms with van der Waals surface area (Å²) in [5.41, 5.74) is 0.0417. The van der Waals surface area contributed by atoms with Crippen LogP contribution in [0.15, 0.2) is 0 Å². The van der Waals surface area contributed by atoms with Gasteiger partial charge in [-0.05, 0) is 40.3 Å². The average molecular weight is 143 g/mol. The van der Waals surface area contributed by atoms with Crippen molar-refractivity contribution in [1.29, 1.82) is 0 Å². The third kappa shape index (κ3) is 1.06. The summed E-state index contributed by atoms with van der Waals surface area (Å²) in [4.78, 5) is 2.25. The standard InChI is InChI=1S/C8H17NO/c1-7(10)8(2)5-4-6-9(8)3/h7,10H,4-6H2,1-3H3/t7-,8+/m0/s1. The van der Waals surface area contributed by atoms with Gasteiger partial charge in [0, 0.05) is 5.54 Å². The monoisotopic (exact) mass is 143 g/mol. The Balaban J connectivity index is 2.66. The third-order valence-electron chi connectivity index (χ3n) is 2.95. The molecule has 0 saturated carbocycles. The van der Waals surface area contributed by atoms with Gasteiger partial charge in [-0.3, -0.25) is 4.90 Å². The number of likely N-dealkylation sites (tertiary alicyclic amines) is 1. The fourth-order valence-electron chi connectivity index (χ4n) is 1.65. The van der Waals surface area contributed by atoms with Gasteiger partial charge < -0.3 is 5.11 Å². The Labute approximate surface area is 62.8 Å². The van der Waals surface area contributed by atoms with E-state index < -0.39 is 0 Å². The van der Waals surface area contributed by atoms with Crippen LogP contribution in [0.2, 0.25) is 0 Å². The fraction of sp³-hybridized carbons (Fsp3) is 1.00. The molecule has 1 rings (SSSR count). The Bertz CT molecular complexity index is 124. The number of rotatable bonds is 1. The molecule has 0 radical (unpaired) electrons. The molecule has 2 atom stereocenters. The zero-order valence-corrected chi connectivity index (χ0v) is 7.09. The molecular formula is C8H17NO. The average Bonchev–Trinajstić information content (AvgIpc) is 2.15. The molecule has 1 aliphatic rings. The van der Waals surface area contributed by atoms with Gasteiger partial charge in [0.1, 0.15) is 0 Å². The first kappa shape index (κ1) is 8.02. The topological polar surface area (TPSA) is 23.5 Å². The predicted molar refractivity (Wildman–Crippen MR) is 41.9 cm³/mol. The zero-order chi connectivity index (χ0) is 7.78. The van der Waals surface area contributed by atoms with Crippen LogP contribution >= 0.6 is 0 Å². The molecule has 0 unspecified atom stereocenters. The zero-order valence-electron chi connectivity index (χ0n) is 7.09. The summed E-state index contributed by atoms with van der Waals surface area (Å²) in [6.45, 7) is 5.13. The van der Waals surface area contributed by atoms with E-state index >= 15 is 0 Å². The number of aliphatic hydroxyl groups excluding tert-OH is 1. The Morgan fingerprint density at radius 3 is 2.40 bits per heavy atom. The second-order valence-electron chi connectivity index (χ2n) is 3.56. The van der Waals surface area contributed by atoms with Crippen molar-refractivity contribution in [2.24, 2.45) is 0 Å². The van der Waals surface area contributed by atoms with Gasteiger partial charge in [0.15, 0.2) is 0 Å². The number of aliphatic hydroxyl groups is 1. The minimum absolute atomic E-state index is 0.0417. The SMILES string of the molecule is C[C@H](O)[C@@]1(C)CCCN1C. The number of hydrogen-bond acceptors (Lipinski definition) is 2. The number of hydrogen-bond donors (Lipinski definition) is 1. The number of nitrogens with zero attached hydrogens (tertiary/aromatic N) is 1. The quantitative estimate of drug-likeness (QED) is 0.588. The maximum atomic E-state index is 9.44. The molecule has 10 heavy (non-hydrogen) atoms. The molecule has 1 heterocycles. The second-order valence-corrected chi connectivity index (χ2v) is 3.56. The Morgan fingerprint density at radius 2 is 2.20 bits per heavy atom. The minimum Gasteiger partial charge on any atom is -0.391 e. The van der Waals surface area contributed by atoms with E-state index in [0.717, 1.165) is 13.0 Å². The van der Waals surface area contributed by atoms with Crippen LogP contribution < -0.4 is 0 Å². The van der Waals surface area contributed by atoms with Crippen molar-refractivity contribution in [3.05, 3.63) is 0 Å². The summed E-state index contributed by atoms with van der Waals surface area (Å²) in [6.07, 6.45) is 2.14. The van der Waals surface area contributed by atoms with Gasteiger partial charge in [0.05, 0.1) is 6.10 Å². The first-order valence-corrected chi connectivity index (χ1v) is 3.96. The highest BCUT2D eigenvalue weighted by Crippen LogP contribution is 2.29. The van der Waals surface area contributed by atoms with Crippen molar-refractivity contribution in [1.82, 2.24) is 4.90 Å². The van der Waals surface area contributed by atoms with Crippen molar-refractivity contribution >= 4 is 0 Å². The van der Waals surface area contributed by atoms with Crippen LogP contribution in [0.5, 0.6) is 0 Å². The van der Waals surface area contributed by atoms with Gasteiger partial charge in [-0.1, -0.05) is 0 Å². The summed E-state index contributed by atoms with van der Waals surface area (Å²) in [6, 6.07) is 0. The largest absolute Gasteiger partial charge is 0.391 e. The summed E-state index contributed by atoms with van der Waals surface area (Å²) < 4.78 is 0. The van der Waals surface area contributed by atoms with E-state index in [9.17, 15) is 5.11 Å². The lowest BCUT2D eigenvalue weighted by Gasteiger charge is -2.34. The van der Waals surface area contributed by atoms with Gasteiger partial charge in [-0.15, -0.1) is 0 Å². The smallest absolute Gasteiger partial charge is 0.0692 e. The summed E-state index contributed by atoms with van der Waals surface area (Å²) in [5.74, 6) is 0. The fourth-order valence-corrected chi connectivity index (χ4v) is 1.65. The van der Waals surface area contributed by atoms with Crippen LogP contribution in [0.1, 0.15) is 26.7 Å². The van der Waals surface area contributed by atoms with E-state index in [0.29, 0.717) is 0 Å². The molecular weight excluding hydrogens is 126 g/mol. The van der Waals surface area contributed by atoms with Crippen LogP contribution in [-0.2, 0) is 0 Å². The molecule has 1 saturated heterocycles. The normalized spacial score (nSPS) is 38.4. The van der Waals surface area contributed by atoms with E-state index in [-0.39, 0.29) is 11.6 Å². The molecule has 1 N–H and O–H groups in total. The summed E-state index contributed by atoms with van der Waals surface area (Å²) >= 11 is 0. The lowest BCUT2D eigenvalue weighted by atomic mass is 9.93. The van der Waals surface area contributed by atoms with Crippen LogP contribution in [0.25, 0.3) is 0 Å². The molecule has 0 aromatic rings. The third-order valence-corrected chi connectivity index (χ3v) is 2.95. The van der Waals surface area contributed by atoms with E-state index in [1.807, 2.05) is 6.92 Å². The van der Waals surface area contributed by atoms with Crippen molar-refractivity contribution in [3.8, 4) is 0 Å². The molecule has 1 fully saturated rings. The molecule has 0 bridgehead atoms. The van der Waals surface area contributed by atoms with Gasteiger partial charge in [-0.25, -0.2) is 0 Å². The van der Waals surface area contributed by atoms with Crippen molar-refractivity contribution in [2.75, 3.05) is 13.6 Å². The van der Waals surface area contributed by atoms with Crippen molar-refractivity contribution in [3.63, 3.8) is 0 Å². The molecule has 0 aliphatic carbocycles. The first-order valence-electron chi connectivity index (χ1n) is 3.96. The maximum Gasteiger partial charge on any atom is 0.0692 e. The number of likely N-dealkylation sites (N-methyl/N-ethyl adjacent to an activating group) is 1. The van der Waals surface area contributed by atoms with Crippen LogP contribution in [0.3, 0.4) is 0 Å². The van der Waals surface area contributed by atoms with Crippen LogP contribution in [0.4, 0.5) is 0 Å². The van der Waals surface area contributed by atoms with Gasteiger partial charge in [0.25, 0.3) is 0 Å². The highest BCUT2D eigenvalue weighted by Gasteiger charge is 2.37. The van der Waals surface area contributed by atoms with Crippen molar-refractivity contribution < 1.29 is 5.11 Å². The summed E-state index contributed by atoms with van der Waals surface area (Å²) in [5, 5.41) is 9.44. The highest BCUT2D eigenvalue weighted by atomic mass is 16.3. The molecule has 60 valence electrons. The summed E-state index contributed by atoms with van der Waals surface area (Å²) in [7, 11) is 2.08. The lowest BCUT2D eigenvalue weighted by Crippen LogP contribution is -2.47. The van der Waals surface area contributed by atoms with E-state index in [1.54, 1.807) is 0 Å². The van der Waals surface area contributed by atoms with Crippen LogP contribution in [-0.4, -0.2) is 35.2 Å². The van der Waals surface area contributed by atoms with Gasteiger partial charge in [-0.2, -0.15) is 0 Å². The predicted octanol–water partition coefficient (Wildman–Crippen LogP) is 0.851. The minimum atomic E-state index is -0.208. The van der Waals surface area contributed by atoms with Gasteiger partial charge >= 0.3 is 0 Å². The molecule has 0 amide bonds. The molecule has 0 aromatic heterocycles. The molecule has 0 aromatic carbocycles. The highest BCUT2D eigenvalue weighted by molar-refractivity contribution is 4.93. The molecule has 2 nitrogen and oxygen atoms in total. The van der Waals surface area contributed by atoms with Crippen LogP contribution in [0, 0.1) is 0 Å². The first-order chi connectivity index (χ1) is 4.57. The van der Waals surface area contributed by atoms with E-state index in [1.165, 1.54) is 6.42 Å². The molecule has 2 heteroatoms. The Morgan fingerprint density at radius 1 is 1.60 bits per heavy atom. The molecule has 1 aliphatic heterocycles. The van der Waals surface area contributed by atoms with Crippen molar-refractivity contribution in [2.45, 2.75) is 38.3 Å². The second kappa shape index (κ2) is 2.51. The maximum absolute atomic E-state index is 9.44. The van der Waals surface area contributed by atoms with E-state index in [2.05, 4.69) is 18.9 Å². The Hall–Kier alpha value is -0.0800. The Kier molecular flexibility index (Phi) is 2.02. The van der Waals surface area contributed by atoms with Gasteiger partial charge in [0.2, 0.25) is 0 Å². The lowest BCUT2D eigenvalue weighted by molar-refractivity contribution is 0.0300. The molecule has 0 spiro atoms. The van der Waals surface area contributed by atoms with E-state index in [4.69, 9.17) is 0 Å².